The molecular weight excluding hydrogens is 398 g/mol. The number of benzene rings is 2. The van der Waals surface area contributed by atoms with E-state index in [0.29, 0.717) is 6.42 Å². The van der Waals surface area contributed by atoms with Gasteiger partial charge in [0.2, 0.25) is 5.75 Å². The summed E-state index contributed by atoms with van der Waals surface area (Å²) in [5, 5.41) is 21.3. The third kappa shape index (κ3) is 5.82. The number of carbonyl (C=O) groups excluding carboxylic acids is 1. The van der Waals surface area contributed by atoms with Crippen molar-refractivity contribution < 1.29 is 24.2 Å². The van der Waals surface area contributed by atoms with Crippen LogP contribution < -0.4 is 10.9 Å². The van der Waals surface area contributed by atoms with Crippen LogP contribution in [-0.2, 0) is 11.2 Å². The van der Waals surface area contributed by atoms with Crippen LogP contribution in [0.15, 0.2) is 75.9 Å². The van der Waals surface area contributed by atoms with Crippen molar-refractivity contribution in [2.75, 3.05) is 0 Å². The molecule has 0 spiro atoms. The van der Waals surface area contributed by atoms with Gasteiger partial charge < -0.3 is 19.9 Å². The Labute approximate surface area is 179 Å². The van der Waals surface area contributed by atoms with Gasteiger partial charge >= 0.3 is 11.6 Å². The maximum Gasteiger partial charge on any atom is 0.378 e. The first-order valence-electron chi connectivity index (χ1n) is 9.84. The second-order valence-electron chi connectivity index (χ2n) is 7.38. The summed E-state index contributed by atoms with van der Waals surface area (Å²) >= 11 is 0. The summed E-state index contributed by atoms with van der Waals surface area (Å²) < 4.78 is 4.80. The minimum Gasteiger partial charge on any atom is -0.502 e. The number of carbonyl (C=O) groups is 2. The summed E-state index contributed by atoms with van der Waals surface area (Å²) in [7, 11) is 0. The Morgan fingerprint density at radius 3 is 2.23 bits per heavy atom. The van der Waals surface area contributed by atoms with Crippen molar-refractivity contribution in [1.82, 2.24) is 5.32 Å². The average Bonchev–Trinajstić information content (AvgIpc) is 2.76. The molecule has 3 rings (SSSR count). The van der Waals surface area contributed by atoms with Crippen LogP contribution in [0.2, 0.25) is 0 Å². The minimum absolute atomic E-state index is 0.198. The maximum absolute atomic E-state index is 12.5. The molecule has 0 bridgehead atoms. The SMILES string of the molecule is C[C@H](C[C@@H](Cc1ccc(-c2ccccc2)cc1)NC(=O)c1ccc(O)c(=O)o1)C(=O)O. The monoisotopic (exact) mass is 421 g/mol. The molecular formula is C24H23NO6. The van der Waals surface area contributed by atoms with Crippen LogP contribution in [-0.4, -0.2) is 28.1 Å². The Bertz CT molecular complexity index is 1100. The first-order valence-corrected chi connectivity index (χ1v) is 9.84. The van der Waals surface area contributed by atoms with Crippen LogP contribution >= 0.6 is 0 Å². The van der Waals surface area contributed by atoms with Crippen molar-refractivity contribution in [3.05, 3.63) is 88.5 Å². The molecule has 7 nitrogen and oxygen atoms in total. The van der Waals surface area contributed by atoms with Crippen molar-refractivity contribution >= 4 is 11.9 Å². The van der Waals surface area contributed by atoms with E-state index in [9.17, 15) is 24.6 Å². The Balaban J connectivity index is 1.76. The molecule has 0 aliphatic heterocycles. The van der Waals surface area contributed by atoms with Gasteiger partial charge in [0.25, 0.3) is 5.91 Å². The molecule has 0 fully saturated rings. The van der Waals surface area contributed by atoms with Gasteiger partial charge in [0, 0.05) is 6.04 Å². The zero-order valence-electron chi connectivity index (χ0n) is 16.9. The molecule has 1 amide bonds. The molecule has 31 heavy (non-hydrogen) atoms. The number of hydrogen-bond acceptors (Lipinski definition) is 5. The molecule has 2 atom stereocenters. The lowest BCUT2D eigenvalue weighted by atomic mass is 9.95. The zero-order chi connectivity index (χ0) is 22.4. The van der Waals surface area contributed by atoms with Crippen LogP contribution in [0.3, 0.4) is 0 Å². The number of rotatable bonds is 8. The van der Waals surface area contributed by atoms with E-state index in [-0.39, 0.29) is 12.2 Å². The molecule has 0 unspecified atom stereocenters. The van der Waals surface area contributed by atoms with E-state index in [1.807, 2.05) is 54.6 Å². The average molecular weight is 421 g/mol. The van der Waals surface area contributed by atoms with Crippen molar-refractivity contribution in [2.45, 2.75) is 25.8 Å². The van der Waals surface area contributed by atoms with Gasteiger partial charge in [0.05, 0.1) is 5.92 Å². The predicted octanol–water partition coefficient (Wildman–Crippen LogP) is 3.46. The Kier molecular flexibility index (Phi) is 6.87. The number of carboxylic acid groups (broad SMARTS) is 1. The van der Waals surface area contributed by atoms with Crippen molar-refractivity contribution in [3.8, 4) is 16.9 Å². The molecule has 0 aliphatic rings. The fraction of sp³-hybridized carbons (Fsp3) is 0.208. The summed E-state index contributed by atoms with van der Waals surface area (Å²) in [5.74, 6) is -3.14. The number of aromatic hydroxyl groups is 1. The third-order valence-corrected chi connectivity index (χ3v) is 4.97. The van der Waals surface area contributed by atoms with E-state index < -0.39 is 35.2 Å². The highest BCUT2D eigenvalue weighted by molar-refractivity contribution is 5.91. The molecule has 0 radical (unpaired) electrons. The molecule has 3 aromatic rings. The van der Waals surface area contributed by atoms with Crippen LogP contribution in [0.5, 0.6) is 5.75 Å². The molecule has 0 saturated heterocycles. The van der Waals surface area contributed by atoms with Gasteiger partial charge in [-0.25, -0.2) is 4.79 Å². The van der Waals surface area contributed by atoms with Gasteiger partial charge in [-0.3, -0.25) is 9.59 Å². The molecule has 160 valence electrons. The van der Waals surface area contributed by atoms with Crippen LogP contribution in [0.1, 0.15) is 29.5 Å². The quantitative estimate of drug-likeness (QED) is 0.513. The Hall–Kier alpha value is -3.87. The molecule has 2 aromatic carbocycles. The van der Waals surface area contributed by atoms with E-state index in [0.717, 1.165) is 22.8 Å². The molecule has 0 aliphatic carbocycles. The Morgan fingerprint density at radius 1 is 0.968 bits per heavy atom. The van der Waals surface area contributed by atoms with Crippen molar-refractivity contribution in [3.63, 3.8) is 0 Å². The second kappa shape index (κ2) is 9.75. The lowest BCUT2D eigenvalue weighted by Crippen LogP contribution is -2.38. The second-order valence-corrected chi connectivity index (χ2v) is 7.38. The maximum atomic E-state index is 12.5. The van der Waals surface area contributed by atoms with Gasteiger partial charge in [-0.2, -0.15) is 0 Å². The molecule has 3 N–H and O–H groups in total. The summed E-state index contributed by atoms with van der Waals surface area (Å²) in [4.78, 5) is 35.3. The molecule has 7 heteroatoms. The standard InChI is InChI=1S/C24H23NO6/c1-15(23(28)29)13-19(25-22(27)21-12-11-20(26)24(30)31-21)14-16-7-9-18(10-8-16)17-5-3-2-4-6-17/h2-12,15,19,26H,13-14H2,1H3,(H,25,27)(H,28,29)/t15-,19+/m1/s1. The van der Waals surface area contributed by atoms with Crippen molar-refractivity contribution in [1.29, 1.82) is 0 Å². The van der Waals surface area contributed by atoms with Gasteiger partial charge in [-0.05, 0) is 41.7 Å². The van der Waals surface area contributed by atoms with Gasteiger partial charge in [0.15, 0.2) is 5.76 Å². The normalized spacial score (nSPS) is 12.7. The molecule has 1 aromatic heterocycles. The van der Waals surface area contributed by atoms with Crippen LogP contribution in [0.25, 0.3) is 11.1 Å². The summed E-state index contributed by atoms with van der Waals surface area (Å²) in [6.07, 6.45) is 0.602. The topological polar surface area (TPSA) is 117 Å². The lowest BCUT2D eigenvalue weighted by molar-refractivity contribution is -0.141. The van der Waals surface area contributed by atoms with Gasteiger partial charge in [0.1, 0.15) is 0 Å². The fourth-order valence-corrected chi connectivity index (χ4v) is 3.26. The van der Waals surface area contributed by atoms with Crippen molar-refractivity contribution in [2.24, 2.45) is 5.92 Å². The number of hydrogen-bond donors (Lipinski definition) is 3. The zero-order valence-corrected chi connectivity index (χ0v) is 16.9. The van der Waals surface area contributed by atoms with E-state index in [4.69, 9.17) is 4.42 Å². The fourth-order valence-electron chi connectivity index (χ4n) is 3.26. The van der Waals surface area contributed by atoms with Gasteiger partial charge in [-0.1, -0.05) is 61.5 Å². The lowest BCUT2D eigenvalue weighted by Gasteiger charge is -2.21. The molecule has 1 heterocycles. The highest BCUT2D eigenvalue weighted by Gasteiger charge is 2.22. The first-order chi connectivity index (χ1) is 14.8. The smallest absolute Gasteiger partial charge is 0.378 e. The summed E-state index contributed by atoms with van der Waals surface area (Å²) in [5.41, 5.74) is 2.05. The van der Waals surface area contributed by atoms with Crippen LogP contribution in [0.4, 0.5) is 0 Å². The Morgan fingerprint density at radius 2 is 1.61 bits per heavy atom. The largest absolute Gasteiger partial charge is 0.502 e. The minimum atomic E-state index is -1.01. The van der Waals surface area contributed by atoms with Crippen LogP contribution in [0, 0.1) is 5.92 Å². The number of nitrogens with one attached hydrogen (secondary N) is 1. The van der Waals surface area contributed by atoms with E-state index in [1.165, 1.54) is 6.07 Å². The predicted molar refractivity (Wildman–Crippen MR) is 115 cm³/mol. The number of aliphatic carboxylic acids is 1. The van der Waals surface area contributed by atoms with E-state index in [1.54, 1.807) is 6.92 Å². The highest BCUT2D eigenvalue weighted by Crippen LogP contribution is 2.21. The number of amides is 1. The molecule has 0 saturated carbocycles. The van der Waals surface area contributed by atoms with Gasteiger partial charge in [-0.15, -0.1) is 0 Å². The summed E-state index contributed by atoms with van der Waals surface area (Å²) in [6.45, 7) is 1.57. The van der Waals surface area contributed by atoms with E-state index in [2.05, 4.69) is 5.32 Å². The first kappa shape index (κ1) is 21.8. The number of carboxylic acids is 1. The highest BCUT2D eigenvalue weighted by atomic mass is 16.4. The third-order valence-electron chi connectivity index (χ3n) is 4.97. The van der Waals surface area contributed by atoms with E-state index >= 15 is 0 Å². The summed E-state index contributed by atoms with van der Waals surface area (Å²) in [6, 6.07) is 19.5.